The first-order valence-corrected chi connectivity index (χ1v) is 5.37. The Morgan fingerprint density at radius 2 is 1.94 bits per heavy atom. The molecule has 0 unspecified atom stereocenters. The number of rotatable bonds is 3. The first-order chi connectivity index (χ1) is 7.50. The number of aromatic nitrogens is 2. The normalized spacial score (nSPS) is 10.1. The van der Waals surface area contributed by atoms with Crippen LogP contribution in [0, 0.1) is 0 Å². The maximum atomic E-state index is 4.56. The van der Waals surface area contributed by atoms with E-state index in [-0.39, 0.29) is 0 Å². The second kappa shape index (κ2) is 5.53. The van der Waals surface area contributed by atoms with Gasteiger partial charge in [-0.3, -0.25) is 9.67 Å². The van der Waals surface area contributed by atoms with Crippen LogP contribution in [-0.4, -0.2) is 60.3 Å². The Bertz CT molecular complexity index is 341. The van der Waals surface area contributed by atoms with Gasteiger partial charge in [0.2, 0.25) is 0 Å². The van der Waals surface area contributed by atoms with Crippen molar-refractivity contribution in [2.45, 2.75) is 6.42 Å². The third-order valence-corrected chi connectivity index (χ3v) is 2.21. The van der Waals surface area contributed by atoms with Gasteiger partial charge in [-0.15, -0.1) is 0 Å². The van der Waals surface area contributed by atoms with E-state index < -0.39 is 0 Å². The van der Waals surface area contributed by atoms with E-state index in [1.807, 2.05) is 62.1 Å². The maximum absolute atomic E-state index is 4.56. The second-order valence-electron chi connectivity index (χ2n) is 4.24. The number of aryl methyl sites for hydroxylation is 1. The van der Waals surface area contributed by atoms with Crippen LogP contribution in [0.4, 0.5) is 0 Å². The summed E-state index contributed by atoms with van der Waals surface area (Å²) in [7, 11) is 9.94. The van der Waals surface area contributed by atoms with Crippen LogP contribution in [0.2, 0.25) is 0 Å². The Kier molecular flexibility index (Phi) is 4.34. The molecule has 0 aliphatic heterocycles. The summed E-state index contributed by atoms with van der Waals surface area (Å²) in [5, 5.41) is 4.13. The molecular formula is C11H21N5. The minimum absolute atomic E-state index is 0.789. The number of hydrogen-bond donors (Lipinski definition) is 0. The first-order valence-electron chi connectivity index (χ1n) is 5.37. The Balaban J connectivity index is 2.51. The molecular weight excluding hydrogens is 202 g/mol. The van der Waals surface area contributed by atoms with Crippen molar-refractivity contribution in [3.05, 3.63) is 18.0 Å². The number of guanidine groups is 1. The van der Waals surface area contributed by atoms with Crippen molar-refractivity contribution in [2.75, 3.05) is 34.7 Å². The van der Waals surface area contributed by atoms with Gasteiger partial charge in [0.1, 0.15) is 0 Å². The van der Waals surface area contributed by atoms with E-state index in [0.717, 1.165) is 18.9 Å². The zero-order valence-electron chi connectivity index (χ0n) is 10.8. The van der Waals surface area contributed by atoms with Crippen LogP contribution in [0.1, 0.15) is 5.56 Å². The van der Waals surface area contributed by atoms with Crippen molar-refractivity contribution in [3.63, 3.8) is 0 Å². The van der Waals surface area contributed by atoms with Crippen molar-refractivity contribution in [2.24, 2.45) is 12.0 Å². The van der Waals surface area contributed by atoms with Gasteiger partial charge in [0.05, 0.1) is 6.20 Å². The molecule has 0 fully saturated rings. The molecule has 0 saturated heterocycles. The van der Waals surface area contributed by atoms with Crippen molar-refractivity contribution in [3.8, 4) is 0 Å². The molecule has 0 aromatic carbocycles. The van der Waals surface area contributed by atoms with Gasteiger partial charge in [0.25, 0.3) is 0 Å². The number of nitrogens with zero attached hydrogens (tertiary/aromatic N) is 5. The fraction of sp³-hybridized carbons (Fsp3) is 0.636. The van der Waals surface area contributed by atoms with Crippen LogP contribution < -0.4 is 0 Å². The highest BCUT2D eigenvalue weighted by Crippen LogP contribution is 1.98. The maximum Gasteiger partial charge on any atom is 0.195 e. The standard InChI is InChI=1S/C11H21N5/c1-14(2)11(15(3)4)12-7-6-10-8-13-16(5)9-10/h8-9H,6-7H2,1-5H3. The Hall–Kier alpha value is -1.52. The lowest BCUT2D eigenvalue weighted by molar-refractivity contribution is 0.479. The lowest BCUT2D eigenvalue weighted by atomic mass is 10.3. The van der Waals surface area contributed by atoms with Crippen molar-refractivity contribution < 1.29 is 0 Å². The third-order valence-electron chi connectivity index (χ3n) is 2.21. The van der Waals surface area contributed by atoms with Crippen LogP contribution in [0.15, 0.2) is 17.4 Å². The Labute approximate surface area is 97.4 Å². The minimum atomic E-state index is 0.789. The zero-order chi connectivity index (χ0) is 12.1. The van der Waals surface area contributed by atoms with E-state index in [9.17, 15) is 0 Å². The zero-order valence-corrected chi connectivity index (χ0v) is 10.8. The number of hydrogen-bond acceptors (Lipinski definition) is 2. The molecule has 0 radical (unpaired) electrons. The van der Waals surface area contributed by atoms with Gasteiger partial charge in [-0.25, -0.2) is 0 Å². The minimum Gasteiger partial charge on any atom is -0.349 e. The fourth-order valence-corrected chi connectivity index (χ4v) is 1.57. The number of aliphatic imine (C=N–C) groups is 1. The summed E-state index contributed by atoms with van der Waals surface area (Å²) in [6.07, 6.45) is 4.85. The molecule has 0 aliphatic rings. The lowest BCUT2D eigenvalue weighted by Gasteiger charge is -2.22. The van der Waals surface area contributed by atoms with E-state index in [2.05, 4.69) is 10.1 Å². The molecule has 0 N–H and O–H groups in total. The Morgan fingerprint density at radius 1 is 1.31 bits per heavy atom. The van der Waals surface area contributed by atoms with E-state index >= 15 is 0 Å². The molecule has 5 heteroatoms. The summed E-state index contributed by atoms with van der Waals surface area (Å²) in [6.45, 7) is 0.789. The van der Waals surface area contributed by atoms with Gasteiger partial charge in [-0.1, -0.05) is 0 Å². The van der Waals surface area contributed by atoms with Gasteiger partial charge in [0, 0.05) is 48.0 Å². The highest BCUT2D eigenvalue weighted by atomic mass is 15.3. The predicted molar refractivity (Wildman–Crippen MR) is 66.6 cm³/mol. The second-order valence-corrected chi connectivity index (χ2v) is 4.24. The molecule has 0 aliphatic carbocycles. The van der Waals surface area contributed by atoms with Gasteiger partial charge in [-0.05, 0) is 12.0 Å². The summed E-state index contributed by atoms with van der Waals surface area (Å²) in [5.41, 5.74) is 1.23. The topological polar surface area (TPSA) is 36.7 Å². The van der Waals surface area contributed by atoms with Crippen LogP contribution in [0.3, 0.4) is 0 Å². The molecule has 0 atom stereocenters. The lowest BCUT2D eigenvalue weighted by Crippen LogP contribution is -2.35. The first kappa shape index (κ1) is 12.5. The van der Waals surface area contributed by atoms with E-state index in [1.54, 1.807) is 0 Å². The molecule has 1 aromatic heterocycles. The van der Waals surface area contributed by atoms with Gasteiger partial charge in [-0.2, -0.15) is 5.10 Å². The van der Waals surface area contributed by atoms with Crippen molar-refractivity contribution in [1.29, 1.82) is 0 Å². The van der Waals surface area contributed by atoms with Gasteiger partial charge in [0.15, 0.2) is 5.96 Å². The van der Waals surface area contributed by atoms with Crippen LogP contribution in [-0.2, 0) is 13.5 Å². The molecule has 1 aromatic rings. The van der Waals surface area contributed by atoms with Crippen molar-refractivity contribution >= 4 is 5.96 Å². The van der Waals surface area contributed by atoms with Gasteiger partial charge < -0.3 is 9.80 Å². The molecule has 0 spiro atoms. The molecule has 1 heterocycles. The summed E-state index contributed by atoms with van der Waals surface area (Å²) in [5.74, 6) is 0.990. The monoisotopic (exact) mass is 223 g/mol. The van der Waals surface area contributed by atoms with E-state index in [1.165, 1.54) is 5.56 Å². The van der Waals surface area contributed by atoms with Gasteiger partial charge >= 0.3 is 0 Å². The Morgan fingerprint density at radius 3 is 2.38 bits per heavy atom. The van der Waals surface area contributed by atoms with Crippen LogP contribution in [0.25, 0.3) is 0 Å². The van der Waals surface area contributed by atoms with E-state index in [0.29, 0.717) is 0 Å². The average Bonchev–Trinajstić information content (AvgIpc) is 2.57. The SMILES string of the molecule is CN(C)C(=NCCc1cnn(C)c1)N(C)C. The molecule has 0 saturated carbocycles. The van der Waals surface area contributed by atoms with E-state index in [4.69, 9.17) is 0 Å². The largest absolute Gasteiger partial charge is 0.349 e. The third kappa shape index (κ3) is 3.56. The van der Waals surface area contributed by atoms with Crippen molar-refractivity contribution in [1.82, 2.24) is 19.6 Å². The molecule has 16 heavy (non-hydrogen) atoms. The predicted octanol–water partition coefficient (Wildman–Crippen LogP) is 0.442. The van der Waals surface area contributed by atoms with Crippen LogP contribution >= 0.6 is 0 Å². The summed E-state index contributed by atoms with van der Waals surface area (Å²) in [6, 6.07) is 0. The molecule has 5 nitrogen and oxygen atoms in total. The summed E-state index contributed by atoms with van der Waals surface area (Å²) < 4.78 is 1.82. The molecule has 90 valence electrons. The summed E-state index contributed by atoms with van der Waals surface area (Å²) >= 11 is 0. The average molecular weight is 223 g/mol. The molecule has 0 amide bonds. The highest BCUT2D eigenvalue weighted by Gasteiger charge is 2.03. The molecule has 0 bridgehead atoms. The summed E-state index contributed by atoms with van der Waals surface area (Å²) in [4.78, 5) is 8.59. The fourth-order valence-electron chi connectivity index (χ4n) is 1.57. The molecule has 1 rings (SSSR count). The highest BCUT2D eigenvalue weighted by molar-refractivity contribution is 5.79. The quantitative estimate of drug-likeness (QED) is 0.551. The van der Waals surface area contributed by atoms with Crippen LogP contribution in [0.5, 0.6) is 0 Å². The smallest absolute Gasteiger partial charge is 0.195 e.